The minimum Gasteiger partial charge on any atom is -0.495 e. The predicted octanol–water partition coefficient (Wildman–Crippen LogP) is 1.64. The van der Waals surface area contributed by atoms with Crippen molar-refractivity contribution >= 4 is 21.6 Å². The Morgan fingerprint density at radius 2 is 2.14 bits per heavy atom. The predicted molar refractivity (Wildman–Crippen MR) is 79.5 cm³/mol. The number of hydrogen-bond donors (Lipinski definition) is 2. The highest BCUT2D eigenvalue weighted by Gasteiger charge is 2.21. The molecule has 0 fully saturated rings. The maximum Gasteiger partial charge on any atom is 0.238 e. The third kappa shape index (κ3) is 3.83. The molecule has 0 heterocycles. The number of carbonyl (C=O) groups is 1. The highest BCUT2D eigenvalue weighted by molar-refractivity contribution is 7.89. The van der Waals surface area contributed by atoms with Crippen molar-refractivity contribution in [3.05, 3.63) is 30.4 Å². The molecule has 3 N–H and O–H groups in total. The fourth-order valence-electron chi connectivity index (χ4n) is 2.23. The third-order valence-electron chi connectivity index (χ3n) is 3.40. The molecule has 0 radical (unpaired) electrons. The van der Waals surface area contributed by atoms with Gasteiger partial charge in [0.25, 0.3) is 0 Å². The Morgan fingerprint density at radius 1 is 1.38 bits per heavy atom. The Morgan fingerprint density at radius 3 is 2.71 bits per heavy atom. The summed E-state index contributed by atoms with van der Waals surface area (Å²) < 4.78 is 27.9. The molecule has 0 saturated carbocycles. The van der Waals surface area contributed by atoms with Crippen LogP contribution in [0.4, 0.5) is 5.69 Å². The lowest BCUT2D eigenvalue weighted by atomic mass is 9.93. The molecule has 0 spiro atoms. The summed E-state index contributed by atoms with van der Waals surface area (Å²) in [6, 6.07) is 4.12. The zero-order valence-corrected chi connectivity index (χ0v) is 12.5. The molecule has 1 atom stereocenters. The summed E-state index contributed by atoms with van der Waals surface area (Å²) in [7, 11) is -2.38. The summed E-state index contributed by atoms with van der Waals surface area (Å²) in [5.74, 6) is 0.129. The number of hydrogen-bond acceptors (Lipinski definition) is 4. The van der Waals surface area contributed by atoms with Crippen LogP contribution in [-0.4, -0.2) is 21.4 Å². The van der Waals surface area contributed by atoms with Crippen LogP contribution in [0, 0.1) is 5.92 Å². The van der Waals surface area contributed by atoms with Crippen molar-refractivity contribution in [1.29, 1.82) is 0 Å². The van der Waals surface area contributed by atoms with E-state index in [4.69, 9.17) is 9.88 Å². The van der Waals surface area contributed by atoms with E-state index in [1.807, 2.05) is 12.2 Å². The molecule has 1 aromatic rings. The lowest BCUT2D eigenvalue weighted by molar-refractivity contribution is -0.120. The average molecular weight is 310 g/mol. The Balaban J connectivity index is 2.25. The fraction of sp³-hybridized carbons (Fsp3) is 0.357. The van der Waals surface area contributed by atoms with Gasteiger partial charge in [0.1, 0.15) is 5.75 Å². The Kier molecular flexibility index (Phi) is 4.64. The topological polar surface area (TPSA) is 98.5 Å². The summed E-state index contributed by atoms with van der Waals surface area (Å²) in [6.45, 7) is 0. The second kappa shape index (κ2) is 6.28. The van der Waals surface area contributed by atoms with Crippen LogP contribution < -0.4 is 15.2 Å². The van der Waals surface area contributed by atoms with Gasteiger partial charge in [-0.2, -0.15) is 0 Å². The molecular formula is C14H18N2O4S. The molecule has 0 aromatic heterocycles. The second-order valence-corrected chi connectivity index (χ2v) is 6.44. The molecule has 1 aromatic carbocycles. The first-order valence-electron chi connectivity index (χ1n) is 6.58. The minimum atomic E-state index is -3.83. The number of primary sulfonamides is 1. The summed E-state index contributed by atoms with van der Waals surface area (Å²) >= 11 is 0. The van der Waals surface area contributed by atoms with Gasteiger partial charge < -0.3 is 10.1 Å². The number of benzene rings is 1. The molecule has 1 unspecified atom stereocenters. The first-order valence-corrected chi connectivity index (χ1v) is 8.13. The van der Waals surface area contributed by atoms with E-state index < -0.39 is 10.0 Å². The Bertz CT molecular complexity index is 668. The van der Waals surface area contributed by atoms with Gasteiger partial charge in [0.2, 0.25) is 15.9 Å². The van der Waals surface area contributed by atoms with Crippen molar-refractivity contribution < 1.29 is 17.9 Å². The molecule has 21 heavy (non-hydrogen) atoms. The van der Waals surface area contributed by atoms with E-state index in [2.05, 4.69) is 5.32 Å². The van der Waals surface area contributed by atoms with E-state index in [1.165, 1.54) is 25.3 Å². The van der Waals surface area contributed by atoms with Gasteiger partial charge in [-0.15, -0.1) is 0 Å². The molecule has 1 amide bonds. The summed E-state index contributed by atoms with van der Waals surface area (Å²) in [6.07, 6.45) is 6.35. The lowest BCUT2D eigenvalue weighted by Crippen LogP contribution is -2.24. The van der Waals surface area contributed by atoms with E-state index in [9.17, 15) is 13.2 Å². The van der Waals surface area contributed by atoms with Crippen LogP contribution >= 0.6 is 0 Å². The van der Waals surface area contributed by atoms with Gasteiger partial charge >= 0.3 is 0 Å². The molecule has 6 nitrogen and oxygen atoms in total. The van der Waals surface area contributed by atoms with Gasteiger partial charge in [0, 0.05) is 5.92 Å². The zero-order chi connectivity index (χ0) is 15.5. The molecule has 114 valence electrons. The number of methoxy groups -OCH3 is 1. The van der Waals surface area contributed by atoms with Crippen LogP contribution in [0.2, 0.25) is 0 Å². The van der Waals surface area contributed by atoms with E-state index in [0.29, 0.717) is 17.9 Å². The van der Waals surface area contributed by atoms with Crippen LogP contribution in [0.25, 0.3) is 0 Å². The number of allylic oxidation sites excluding steroid dienone is 2. The lowest BCUT2D eigenvalue weighted by Gasteiger charge is -2.18. The number of nitrogens with two attached hydrogens (primary N) is 1. The molecule has 2 rings (SSSR count). The van der Waals surface area contributed by atoms with E-state index in [0.717, 1.165) is 12.8 Å². The molecule has 0 saturated heterocycles. The monoisotopic (exact) mass is 310 g/mol. The van der Waals surface area contributed by atoms with Crippen molar-refractivity contribution in [3.63, 3.8) is 0 Å². The zero-order valence-electron chi connectivity index (χ0n) is 11.7. The fourth-order valence-corrected chi connectivity index (χ4v) is 2.77. The average Bonchev–Trinajstić information content (AvgIpc) is 2.47. The SMILES string of the molecule is COc1ccc(S(N)(=O)=O)cc1NC(=O)C1CC=CCC1. The van der Waals surface area contributed by atoms with Crippen LogP contribution in [0.5, 0.6) is 5.75 Å². The molecule has 0 aliphatic heterocycles. The number of carbonyl (C=O) groups excluding carboxylic acids is 1. The van der Waals surface area contributed by atoms with Gasteiger partial charge in [-0.05, 0) is 37.5 Å². The van der Waals surface area contributed by atoms with Crippen LogP contribution in [0.3, 0.4) is 0 Å². The number of nitrogens with one attached hydrogen (secondary N) is 1. The molecular weight excluding hydrogens is 292 g/mol. The summed E-state index contributed by atoms with van der Waals surface area (Å²) in [5, 5.41) is 7.83. The van der Waals surface area contributed by atoms with Gasteiger partial charge in [0.15, 0.2) is 0 Å². The van der Waals surface area contributed by atoms with Gasteiger partial charge in [-0.25, -0.2) is 13.6 Å². The van der Waals surface area contributed by atoms with Crippen LogP contribution in [0.1, 0.15) is 19.3 Å². The minimum absolute atomic E-state index is 0.0675. The Labute approximate surface area is 124 Å². The van der Waals surface area contributed by atoms with Crippen LogP contribution in [0.15, 0.2) is 35.2 Å². The first-order chi connectivity index (χ1) is 9.91. The highest BCUT2D eigenvalue weighted by Crippen LogP contribution is 2.28. The van der Waals surface area contributed by atoms with Gasteiger partial charge in [0.05, 0.1) is 17.7 Å². The number of rotatable bonds is 4. The van der Waals surface area contributed by atoms with Crippen molar-refractivity contribution in [2.45, 2.75) is 24.2 Å². The Hall–Kier alpha value is -1.86. The molecule has 0 bridgehead atoms. The van der Waals surface area contributed by atoms with E-state index >= 15 is 0 Å². The van der Waals surface area contributed by atoms with Gasteiger partial charge in [-0.3, -0.25) is 4.79 Å². The maximum absolute atomic E-state index is 12.2. The van der Waals surface area contributed by atoms with E-state index in [-0.39, 0.29) is 16.7 Å². The van der Waals surface area contributed by atoms with E-state index in [1.54, 1.807) is 0 Å². The van der Waals surface area contributed by atoms with Crippen molar-refractivity contribution in [1.82, 2.24) is 0 Å². The molecule has 1 aliphatic carbocycles. The smallest absolute Gasteiger partial charge is 0.238 e. The summed E-state index contributed by atoms with van der Waals surface area (Å²) in [5.41, 5.74) is 0.309. The van der Waals surface area contributed by atoms with Crippen molar-refractivity contribution in [3.8, 4) is 5.75 Å². The standard InChI is InChI=1S/C14H18N2O4S/c1-20-13-8-7-11(21(15,18)19)9-12(13)16-14(17)10-5-3-2-4-6-10/h2-3,7-10H,4-6H2,1H3,(H,16,17)(H2,15,18,19). The number of ether oxygens (including phenoxy) is 1. The molecule has 1 aliphatic rings. The van der Waals surface area contributed by atoms with Gasteiger partial charge in [-0.1, -0.05) is 12.2 Å². The van der Waals surface area contributed by atoms with Crippen molar-refractivity contribution in [2.75, 3.05) is 12.4 Å². The quantitative estimate of drug-likeness (QED) is 0.826. The number of amides is 1. The number of sulfonamides is 1. The summed E-state index contributed by atoms with van der Waals surface area (Å²) in [4.78, 5) is 12.1. The first kappa shape index (κ1) is 15.5. The largest absolute Gasteiger partial charge is 0.495 e. The molecule has 7 heteroatoms. The second-order valence-electron chi connectivity index (χ2n) is 4.88. The highest BCUT2D eigenvalue weighted by atomic mass is 32.2. The normalized spacial score (nSPS) is 18.3. The third-order valence-corrected chi connectivity index (χ3v) is 4.31. The van der Waals surface area contributed by atoms with Crippen molar-refractivity contribution in [2.24, 2.45) is 11.1 Å². The number of anilines is 1. The maximum atomic E-state index is 12.2. The van der Waals surface area contributed by atoms with Crippen LogP contribution in [-0.2, 0) is 14.8 Å².